The summed E-state index contributed by atoms with van der Waals surface area (Å²) >= 11 is 0. The molecule has 1 unspecified atom stereocenters. The molecule has 0 aromatic heterocycles. The number of para-hydroxylation sites is 1. The van der Waals surface area contributed by atoms with Gasteiger partial charge >= 0.3 is 0 Å². The smallest absolute Gasteiger partial charge is 0.240 e. The first kappa shape index (κ1) is 16.0. The largest absolute Gasteiger partial charge is 0.327 e. The van der Waals surface area contributed by atoms with Crippen LogP contribution in [0.5, 0.6) is 0 Å². The van der Waals surface area contributed by atoms with E-state index in [4.69, 9.17) is 5.73 Å². The molecule has 0 radical (unpaired) electrons. The normalized spacial score (nSPS) is 19.6. The maximum atomic E-state index is 12.2. The number of nitrogens with zero attached hydrogens (tertiary/aromatic N) is 2. The summed E-state index contributed by atoms with van der Waals surface area (Å²) < 4.78 is 0. The molecule has 1 fully saturated rings. The van der Waals surface area contributed by atoms with Gasteiger partial charge in [0.1, 0.15) is 0 Å². The lowest BCUT2D eigenvalue weighted by Crippen LogP contribution is -2.47. The Morgan fingerprint density at radius 1 is 1.42 bits per heavy atom. The van der Waals surface area contributed by atoms with Crippen molar-refractivity contribution in [1.82, 2.24) is 4.90 Å². The van der Waals surface area contributed by atoms with E-state index in [-0.39, 0.29) is 24.4 Å². The zero-order chi connectivity index (χ0) is 13.0. The number of benzene rings is 1. The number of hydrogen-bond acceptors (Lipinski definition) is 3. The fraction of sp³-hybridized carbons (Fsp3) is 0.500. The Labute approximate surface area is 121 Å². The van der Waals surface area contributed by atoms with E-state index in [0.717, 1.165) is 31.6 Å². The second-order valence-electron chi connectivity index (χ2n) is 4.93. The molecule has 0 bridgehead atoms. The van der Waals surface area contributed by atoms with Crippen molar-refractivity contribution in [2.24, 2.45) is 5.73 Å². The van der Waals surface area contributed by atoms with Crippen molar-refractivity contribution in [3.63, 3.8) is 0 Å². The Morgan fingerprint density at radius 2 is 2.11 bits per heavy atom. The number of hydrogen-bond donors (Lipinski definition) is 1. The third-order valence-electron chi connectivity index (χ3n) is 3.42. The lowest BCUT2D eigenvalue weighted by atomic mass is 10.1. The summed E-state index contributed by atoms with van der Waals surface area (Å²) in [6.07, 6.45) is 2.16. The highest BCUT2D eigenvalue weighted by Gasteiger charge is 2.20. The molecule has 1 amide bonds. The number of likely N-dealkylation sites (tertiary alicyclic amines) is 1. The van der Waals surface area contributed by atoms with Crippen molar-refractivity contribution in [2.45, 2.75) is 18.9 Å². The van der Waals surface area contributed by atoms with E-state index in [1.807, 2.05) is 37.4 Å². The minimum atomic E-state index is 0. The predicted octanol–water partition coefficient (Wildman–Crippen LogP) is 1.49. The molecular formula is C14H22ClN3O. The van der Waals surface area contributed by atoms with Crippen LogP contribution in [-0.2, 0) is 4.79 Å². The van der Waals surface area contributed by atoms with Crippen LogP contribution in [0.25, 0.3) is 0 Å². The molecule has 1 aromatic carbocycles. The minimum absolute atomic E-state index is 0. The summed E-state index contributed by atoms with van der Waals surface area (Å²) in [4.78, 5) is 16.0. The zero-order valence-corrected chi connectivity index (χ0v) is 12.1. The van der Waals surface area contributed by atoms with Crippen molar-refractivity contribution < 1.29 is 4.79 Å². The summed E-state index contributed by atoms with van der Waals surface area (Å²) in [5.74, 6) is 0.121. The number of piperidine rings is 1. The molecule has 1 aliphatic heterocycles. The lowest BCUT2D eigenvalue weighted by Gasteiger charge is -2.31. The van der Waals surface area contributed by atoms with Crippen LogP contribution in [-0.4, -0.2) is 43.5 Å². The molecular weight excluding hydrogens is 262 g/mol. The van der Waals surface area contributed by atoms with Crippen molar-refractivity contribution >= 4 is 24.0 Å². The van der Waals surface area contributed by atoms with E-state index in [2.05, 4.69) is 4.90 Å². The van der Waals surface area contributed by atoms with Gasteiger partial charge in [-0.3, -0.25) is 9.69 Å². The standard InChI is InChI=1S/C14H21N3O.ClH/c1-16(13-7-3-2-4-8-13)14(18)11-17-9-5-6-12(15)10-17;/h2-4,7-8,12H,5-6,9-11,15H2,1H3;1H. The van der Waals surface area contributed by atoms with Gasteiger partial charge in [-0.25, -0.2) is 0 Å². The average molecular weight is 284 g/mol. The summed E-state index contributed by atoms with van der Waals surface area (Å²) in [7, 11) is 1.82. The van der Waals surface area contributed by atoms with Crippen molar-refractivity contribution in [3.8, 4) is 0 Å². The number of anilines is 1. The summed E-state index contributed by atoms with van der Waals surface area (Å²) in [5.41, 5.74) is 6.86. The zero-order valence-electron chi connectivity index (χ0n) is 11.3. The molecule has 5 heteroatoms. The first-order chi connectivity index (χ1) is 8.66. The van der Waals surface area contributed by atoms with Crippen molar-refractivity contribution in [3.05, 3.63) is 30.3 Å². The van der Waals surface area contributed by atoms with Crippen LogP contribution in [0.15, 0.2) is 30.3 Å². The van der Waals surface area contributed by atoms with E-state index < -0.39 is 0 Å². The Hall–Kier alpha value is -1.10. The summed E-state index contributed by atoms with van der Waals surface area (Å²) in [6.45, 7) is 2.26. The Bertz CT molecular complexity index is 399. The average Bonchev–Trinajstić information content (AvgIpc) is 2.39. The van der Waals surface area contributed by atoms with E-state index in [9.17, 15) is 4.79 Å². The molecule has 0 aliphatic carbocycles. The number of carbonyl (C=O) groups is 1. The fourth-order valence-electron chi connectivity index (χ4n) is 2.33. The van der Waals surface area contributed by atoms with Crippen LogP contribution in [0, 0.1) is 0 Å². The highest BCUT2D eigenvalue weighted by atomic mass is 35.5. The Kier molecular flexibility index (Phi) is 6.28. The molecule has 19 heavy (non-hydrogen) atoms. The van der Waals surface area contributed by atoms with Gasteiger partial charge in [-0.15, -0.1) is 12.4 Å². The first-order valence-corrected chi connectivity index (χ1v) is 6.46. The molecule has 0 spiro atoms. The molecule has 1 atom stereocenters. The van der Waals surface area contributed by atoms with Crippen LogP contribution in [0.2, 0.25) is 0 Å². The number of rotatable bonds is 3. The molecule has 1 aliphatic rings. The second kappa shape index (κ2) is 7.48. The van der Waals surface area contributed by atoms with Gasteiger partial charge in [0.15, 0.2) is 0 Å². The van der Waals surface area contributed by atoms with Crippen molar-refractivity contribution in [2.75, 3.05) is 31.6 Å². The van der Waals surface area contributed by atoms with Crippen LogP contribution >= 0.6 is 12.4 Å². The minimum Gasteiger partial charge on any atom is -0.327 e. The molecule has 1 heterocycles. The van der Waals surface area contributed by atoms with Gasteiger partial charge in [-0.05, 0) is 31.5 Å². The van der Waals surface area contributed by atoms with E-state index in [1.165, 1.54) is 0 Å². The van der Waals surface area contributed by atoms with Gasteiger partial charge in [0.05, 0.1) is 6.54 Å². The van der Waals surface area contributed by atoms with E-state index in [1.54, 1.807) is 4.90 Å². The van der Waals surface area contributed by atoms with Crippen LogP contribution in [0.4, 0.5) is 5.69 Å². The quantitative estimate of drug-likeness (QED) is 0.914. The summed E-state index contributed by atoms with van der Waals surface area (Å²) in [6, 6.07) is 9.94. The van der Waals surface area contributed by atoms with Gasteiger partial charge in [-0.2, -0.15) is 0 Å². The Balaban J connectivity index is 0.00000180. The Morgan fingerprint density at radius 3 is 2.74 bits per heavy atom. The third kappa shape index (κ3) is 4.49. The molecule has 1 saturated heterocycles. The first-order valence-electron chi connectivity index (χ1n) is 6.46. The van der Waals surface area contributed by atoms with Gasteiger partial charge in [0.2, 0.25) is 5.91 Å². The van der Waals surface area contributed by atoms with Crippen LogP contribution in [0.1, 0.15) is 12.8 Å². The van der Waals surface area contributed by atoms with Gasteiger partial charge in [-0.1, -0.05) is 18.2 Å². The number of amides is 1. The molecule has 2 rings (SSSR count). The van der Waals surface area contributed by atoms with Crippen LogP contribution in [0.3, 0.4) is 0 Å². The van der Waals surface area contributed by atoms with Gasteiger partial charge < -0.3 is 10.6 Å². The van der Waals surface area contributed by atoms with Gasteiger partial charge in [0.25, 0.3) is 0 Å². The predicted molar refractivity (Wildman–Crippen MR) is 80.7 cm³/mol. The topological polar surface area (TPSA) is 49.6 Å². The van der Waals surface area contributed by atoms with E-state index >= 15 is 0 Å². The SMILES string of the molecule is CN(C(=O)CN1CCCC(N)C1)c1ccccc1.Cl. The number of likely N-dealkylation sites (N-methyl/N-ethyl adjacent to an activating group) is 1. The molecule has 2 N–H and O–H groups in total. The van der Waals surface area contributed by atoms with Crippen molar-refractivity contribution in [1.29, 1.82) is 0 Å². The lowest BCUT2D eigenvalue weighted by molar-refractivity contribution is -0.119. The maximum Gasteiger partial charge on any atom is 0.240 e. The molecule has 1 aromatic rings. The van der Waals surface area contributed by atoms with Gasteiger partial charge in [0, 0.05) is 25.3 Å². The number of halogens is 1. The number of carbonyl (C=O) groups excluding carboxylic acids is 1. The summed E-state index contributed by atoms with van der Waals surface area (Å²) in [5, 5.41) is 0. The molecule has 106 valence electrons. The molecule has 0 saturated carbocycles. The molecule has 4 nitrogen and oxygen atoms in total. The fourth-order valence-corrected chi connectivity index (χ4v) is 2.33. The second-order valence-corrected chi connectivity index (χ2v) is 4.93. The maximum absolute atomic E-state index is 12.2. The number of nitrogens with two attached hydrogens (primary N) is 1. The van der Waals surface area contributed by atoms with E-state index in [0.29, 0.717) is 6.54 Å². The monoisotopic (exact) mass is 283 g/mol. The highest BCUT2D eigenvalue weighted by Crippen LogP contribution is 2.13. The van der Waals surface area contributed by atoms with Crippen LogP contribution < -0.4 is 10.6 Å². The highest BCUT2D eigenvalue weighted by molar-refractivity contribution is 5.94. The third-order valence-corrected chi connectivity index (χ3v) is 3.42.